The summed E-state index contributed by atoms with van der Waals surface area (Å²) in [4.78, 5) is 12.3. The second-order valence-corrected chi connectivity index (χ2v) is 6.52. The standard InChI is InChI=1S/C18H18N4OS/c23-17(20-15-9-4-10-16-18(15)22-24-21-16)11-19-14-8-3-6-12-5-1-2-7-13(12)14/h3-4,6,8-10,19H,1-2,5,7,11H2,(H,20,23). The molecule has 0 unspecified atom stereocenters. The van der Waals surface area contributed by atoms with Gasteiger partial charge in [0.15, 0.2) is 0 Å². The minimum Gasteiger partial charge on any atom is -0.376 e. The minimum absolute atomic E-state index is 0.0797. The van der Waals surface area contributed by atoms with Gasteiger partial charge in [0.25, 0.3) is 0 Å². The Balaban J connectivity index is 1.45. The Morgan fingerprint density at radius 1 is 1.04 bits per heavy atom. The van der Waals surface area contributed by atoms with E-state index in [-0.39, 0.29) is 12.5 Å². The van der Waals surface area contributed by atoms with E-state index < -0.39 is 0 Å². The average Bonchev–Trinajstić information content (AvgIpc) is 3.10. The van der Waals surface area contributed by atoms with Crippen molar-refractivity contribution in [3.8, 4) is 0 Å². The number of amides is 1. The highest BCUT2D eigenvalue weighted by Gasteiger charge is 2.14. The first-order valence-corrected chi connectivity index (χ1v) is 8.90. The maximum absolute atomic E-state index is 12.3. The Bertz CT molecular complexity index is 890. The first-order chi connectivity index (χ1) is 11.8. The van der Waals surface area contributed by atoms with Crippen LogP contribution in [0.15, 0.2) is 36.4 Å². The van der Waals surface area contributed by atoms with Crippen molar-refractivity contribution in [2.24, 2.45) is 0 Å². The van der Waals surface area contributed by atoms with E-state index in [2.05, 4.69) is 37.6 Å². The molecule has 1 aromatic heterocycles. The summed E-state index contributed by atoms with van der Waals surface area (Å²) in [5, 5.41) is 6.21. The van der Waals surface area contributed by atoms with Crippen LogP contribution in [-0.4, -0.2) is 21.2 Å². The minimum atomic E-state index is -0.0797. The summed E-state index contributed by atoms with van der Waals surface area (Å²) in [5.41, 5.74) is 6.11. The number of hydrogen-bond donors (Lipinski definition) is 2. The van der Waals surface area contributed by atoms with Crippen molar-refractivity contribution in [2.75, 3.05) is 17.2 Å². The number of benzene rings is 2. The molecule has 1 heterocycles. The van der Waals surface area contributed by atoms with E-state index in [1.54, 1.807) is 0 Å². The van der Waals surface area contributed by atoms with Gasteiger partial charge >= 0.3 is 0 Å². The van der Waals surface area contributed by atoms with Crippen molar-refractivity contribution in [3.63, 3.8) is 0 Å². The zero-order valence-corrected chi connectivity index (χ0v) is 14.0. The Morgan fingerprint density at radius 2 is 1.88 bits per heavy atom. The van der Waals surface area contributed by atoms with Crippen molar-refractivity contribution in [1.82, 2.24) is 8.75 Å². The Kier molecular flexibility index (Phi) is 4.13. The molecule has 0 bridgehead atoms. The largest absolute Gasteiger partial charge is 0.376 e. The van der Waals surface area contributed by atoms with E-state index in [0.29, 0.717) is 5.69 Å². The van der Waals surface area contributed by atoms with Crippen LogP contribution in [0.1, 0.15) is 24.0 Å². The van der Waals surface area contributed by atoms with Gasteiger partial charge in [0.1, 0.15) is 11.0 Å². The highest BCUT2D eigenvalue weighted by molar-refractivity contribution is 7.00. The van der Waals surface area contributed by atoms with Crippen LogP contribution in [0.3, 0.4) is 0 Å². The molecule has 0 fully saturated rings. The van der Waals surface area contributed by atoms with E-state index in [4.69, 9.17) is 0 Å². The predicted molar refractivity (Wildman–Crippen MR) is 97.6 cm³/mol. The van der Waals surface area contributed by atoms with Crippen LogP contribution in [0.4, 0.5) is 11.4 Å². The lowest BCUT2D eigenvalue weighted by Gasteiger charge is -2.20. The smallest absolute Gasteiger partial charge is 0.243 e. The van der Waals surface area contributed by atoms with Crippen LogP contribution in [0, 0.1) is 0 Å². The van der Waals surface area contributed by atoms with Gasteiger partial charge in [-0.05, 0) is 55.0 Å². The van der Waals surface area contributed by atoms with Gasteiger partial charge in [-0.15, -0.1) is 0 Å². The van der Waals surface area contributed by atoms with Crippen molar-refractivity contribution in [3.05, 3.63) is 47.5 Å². The summed E-state index contributed by atoms with van der Waals surface area (Å²) in [5.74, 6) is -0.0797. The number of nitrogens with one attached hydrogen (secondary N) is 2. The molecule has 0 radical (unpaired) electrons. The number of aromatic nitrogens is 2. The molecule has 1 aliphatic rings. The number of rotatable bonds is 4. The second kappa shape index (κ2) is 6.57. The molecule has 2 N–H and O–H groups in total. The first kappa shape index (κ1) is 15.1. The van der Waals surface area contributed by atoms with E-state index >= 15 is 0 Å². The fraction of sp³-hybridized carbons (Fsp3) is 0.278. The van der Waals surface area contributed by atoms with E-state index in [0.717, 1.165) is 41.3 Å². The third-order valence-corrected chi connectivity index (χ3v) is 4.94. The fourth-order valence-corrected chi connectivity index (χ4v) is 3.77. The van der Waals surface area contributed by atoms with Crippen LogP contribution in [0.5, 0.6) is 0 Å². The lowest BCUT2D eigenvalue weighted by molar-refractivity contribution is -0.114. The SMILES string of the molecule is O=C(CNc1cccc2c1CCCC2)Nc1cccc2nsnc12. The summed E-state index contributed by atoms with van der Waals surface area (Å²) in [6.45, 7) is 0.240. The van der Waals surface area contributed by atoms with Crippen LogP contribution < -0.4 is 10.6 Å². The van der Waals surface area contributed by atoms with Gasteiger partial charge in [-0.2, -0.15) is 8.75 Å². The molecule has 0 saturated carbocycles. The van der Waals surface area contributed by atoms with Gasteiger partial charge < -0.3 is 10.6 Å². The van der Waals surface area contributed by atoms with Crippen LogP contribution in [0.2, 0.25) is 0 Å². The maximum Gasteiger partial charge on any atom is 0.243 e. The van der Waals surface area contributed by atoms with Gasteiger partial charge in [0, 0.05) is 5.69 Å². The molecule has 0 aliphatic heterocycles. The van der Waals surface area contributed by atoms with Crippen molar-refractivity contribution in [1.29, 1.82) is 0 Å². The molecule has 0 saturated heterocycles. The summed E-state index contributed by atoms with van der Waals surface area (Å²) in [7, 11) is 0. The molecule has 0 spiro atoms. The number of aryl methyl sites for hydroxylation is 1. The van der Waals surface area contributed by atoms with E-state index in [1.165, 1.54) is 24.0 Å². The van der Waals surface area contributed by atoms with Crippen molar-refractivity contribution in [2.45, 2.75) is 25.7 Å². The normalized spacial score (nSPS) is 13.5. The molecular weight excluding hydrogens is 320 g/mol. The number of hydrogen-bond acceptors (Lipinski definition) is 5. The van der Waals surface area contributed by atoms with Crippen LogP contribution in [0.25, 0.3) is 11.0 Å². The zero-order valence-electron chi connectivity index (χ0n) is 13.2. The lowest BCUT2D eigenvalue weighted by atomic mass is 9.90. The molecular formula is C18H18N4OS. The molecule has 4 rings (SSSR count). The van der Waals surface area contributed by atoms with Gasteiger partial charge in [-0.1, -0.05) is 18.2 Å². The van der Waals surface area contributed by atoms with Gasteiger partial charge in [0.2, 0.25) is 5.91 Å². The predicted octanol–water partition coefficient (Wildman–Crippen LogP) is 3.62. The molecule has 0 atom stereocenters. The zero-order chi connectivity index (χ0) is 16.4. The molecule has 6 heteroatoms. The molecule has 24 heavy (non-hydrogen) atoms. The Morgan fingerprint density at radius 3 is 2.83 bits per heavy atom. The van der Waals surface area contributed by atoms with Crippen molar-refractivity contribution < 1.29 is 4.79 Å². The number of carbonyl (C=O) groups is 1. The van der Waals surface area contributed by atoms with E-state index in [9.17, 15) is 4.79 Å². The Hall–Kier alpha value is -2.47. The fourth-order valence-electron chi connectivity index (χ4n) is 3.22. The van der Waals surface area contributed by atoms with Crippen LogP contribution >= 0.6 is 11.7 Å². The molecule has 1 amide bonds. The molecule has 2 aromatic carbocycles. The highest BCUT2D eigenvalue weighted by atomic mass is 32.1. The average molecular weight is 338 g/mol. The summed E-state index contributed by atoms with van der Waals surface area (Å²) in [6.07, 6.45) is 4.69. The Labute approximate surface area is 144 Å². The number of nitrogens with zero attached hydrogens (tertiary/aromatic N) is 2. The quantitative estimate of drug-likeness (QED) is 0.762. The topological polar surface area (TPSA) is 66.9 Å². The highest BCUT2D eigenvalue weighted by Crippen LogP contribution is 2.27. The van der Waals surface area contributed by atoms with Gasteiger partial charge in [-0.25, -0.2) is 0 Å². The monoisotopic (exact) mass is 338 g/mol. The van der Waals surface area contributed by atoms with E-state index in [1.807, 2.05) is 18.2 Å². The lowest BCUT2D eigenvalue weighted by Crippen LogP contribution is -2.22. The number of carbonyl (C=O) groups excluding carboxylic acids is 1. The molecule has 122 valence electrons. The van der Waals surface area contributed by atoms with Gasteiger partial charge in [0.05, 0.1) is 24.0 Å². The maximum atomic E-state index is 12.3. The van der Waals surface area contributed by atoms with Crippen LogP contribution in [-0.2, 0) is 17.6 Å². The van der Waals surface area contributed by atoms with Crippen molar-refractivity contribution >= 4 is 40.0 Å². The first-order valence-electron chi connectivity index (χ1n) is 8.17. The summed E-state index contributed by atoms with van der Waals surface area (Å²) >= 11 is 1.15. The molecule has 1 aliphatic carbocycles. The third kappa shape index (κ3) is 2.97. The third-order valence-electron chi connectivity index (χ3n) is 4.40. The summed E-state index contributed by atoms with van der Waals surface area (Å²) < 4.78 is 8.44. The summed E-state index contributed by atoms with van der Waals surface area (Å²) in [6, 6.07) is 11.9. The molecule has 3 aromatic rings. The molecule has 5 nitrogen and oxygen atoms in total. The second-order valence-electron chi connectivity index (χ2n) is 5.99. The number of anilines is 2. The number of fused-ring (bicyclic) bond motifs is 2. The van der Waals surface area contributed by atoms with Gasteiger partial charge in [-0.3, -0.25) is 4.79 Å².